The van der Waals surface area contributed by atoms with Crippen molar-refractivity contribution >= 4 is 28.5 Å². The van der Waals surface area contributed by atoms with Crippen LogP contribution in [0.25, 0.3) is 11.0 Å². The summed E-state index contributed by atoms with van der Waals surface area (Å²) in [5.74, 6) is 0.403. The Morgan fingerprint density at radius 3 is 2.83 bits per heavy atom. The number of halogens is 1. The Labute approximate surface area is 173 Å². The van der Waals surface area contributed by atoms with Crippen LogP contribution in [0.15, 0.2) is 30.6 Å². The van der Waals surface area contributed by atoms with Crippen LogP contribution in [-0.4, -0.2) is 44.6 Å². The minimum absolute atomic E-state index is 0.00815. The minimum Gasteiger partial charge on any atom is -0.481 e. The van der Waals surface area contributed by atoms with E-state index in [4.69, 9.17) is 31.5 Å². The molecule has 9 heteroatoms. The monoisotopic (exact) mass is 415 g/mol. The summed E-state index contributed by atoms with van der Waals surface area (Å²) >= 11 is 6.08. The van der Waals surface area contributed by atoms with Gasteiger partial charge in [-0.25, -0.2) is 9.97 Å². The van der Waals surface area contributed by atoms with E-state index in [-0.39, 0.29) is 29.5 Å². The van der Waals surface area contributed by atoms with Crippen molar-refractivity contribution in [1.29, 1.82) is 0 Å². The Hall–Kier alpha value is -2.42. The number of nitrogen functional groups attached to an aromatic ring is 1. The van der Waals surface area contributed by atoms with E-state index in [1.807, 2.05) is 38.2 Å². The molecule has 1 aliphatic carbocycles. The number of pyridine rings is 1. The van der Waals surface area contributed by atoms with Gasteiger partial charge in [-0.15, -0.1) is 0 Å². The molecule has 0 unspecified atom stereocenters. The van der Waals surface area contributed by atoms with Gasteiger partial charge in [0, 0.05) is 24.4 Å². The molecule has 4 atom stereocenters. The summed E-state index contributed by atoms with van der Waals surface area (Å²) in [6.07, 6.45) is 4.30. The van der Waals surface area contributed by atoms with Gasteiger partial charge in [-0.2, -0.15) is 4.98 Å². The quantitative estimate of drug-likeness (QED) is 0.655. The molecule has 8 nitrogen and oxygen atoms in total. The van der Waals surface area contributed by atoms with E-state index in [1.54, 1.807) is 13.3 Å². The van der Waals surface area contributed by atoms with Crippen LogP contribution in [0.4, 0.5) is 5.82 Å². The molecular weight excluding hydrogens is 394 g/mol. The SMILES string of the molecule is COc1cc([C@H]2C[C@@H](n3ccc4c(N)nc(Cl)nc43)[C@@H]3OC(C)(C)O[C@@H]32)ccn1. The maximum Gasteiger partial charge on any atom is 0.226 e. The molecule has 1 saturated carbocycles. The molecule has 0 radical (unpaired) electrons. The van der Waals surface area contributed by atoms with E-state index in [2.05, 4.69) is 19.5 Å². The molecule has 1 aliphatic heterocycles. The highest BCUT2D eigenvalue weighted by molar-refractivity contribution is 6.28. The molecule has 4 heterocycles. The van der Waals surface area contributed by atoms with Crippen molar-refractivity contribution in [3.63, 3.8) is 0 Å². The summed E-state index contributed by atoms with van der Waals surface area (Å²) in [6.45, 7) is 3.88. The molecule has 5 rings (SSSR count). The molecule has 2 N–H and O–H groups in total. The molecule has 0 amide bonds. The first-order valence-corrected chi connectivity index (χ1v) is 9.89. The van der Waals surface area contributed by atoms with Gasteiger partial charge in [0.15, 0.2) is 5.79 Å². The number of hydrogen-bond acceptors (Lipinski definition) is 7. The van der Waals surface area contributed by atoms with Crippen LogP contribution in [0.5, 0.6) is 5.88 Å². The zero-order valence-electron chi connectivity index (χ0n) is 16.4. The van der Waals surface area contributed by atoms with Crippen molar-refractivity contribution in [2.45, 2.75) is 50.2 Å². The Balaban J connectivity index is 1.59. The molecule has 3 aromatic rings. The summed E-state index contributed by atoms with van der Waals surface area (Å²) in [5.41, 5.74) is 7.86. The summed E-state index contributed by atoms with van der Waals surface area (Å²) in [5, 5.41) is 0.905. The topological polar surface area (TPSA) is 97.3 Å². The summed E-state index contributed by atoms with van der Waals surface area (Å²) in [7, 11) is 1.62. The highest BCUT2D eigenvalue weighted by atomic mass is 35.5. The third-order valence-electron chi connectivity index (χ3n) is 5.76. The first-order chi connectivity index (χ1) is 13.9. The molecular formula is C20H22ClN5O3. The average Bonchev–Trinajstić information content (AvgIpc) is 3.32. The minimum atomic E-state index is -0.669. The molecule has 0 aromatic carbocycles. The molecule has 1 saturated heterocycles. The molecule has 0 bridgehead atoms. The first kappa shape index (κ1) is 18.6. The van der Waals surface area contributed by atoms with Gasteiger partial charge in [0.2, 0.25) is 11.2 Å². The van der Waals surface area contributed by atoms with Crippen molar-refractivity contribution < 1.29 is 14.2 Å². The predicted molar refractivity (Wildman–Crippen MR) is 108 cm³/mol. The Kier molecular flexibility index (Phi) is 4.20. The third-order valence-corrected chi connectivity index (χ3v) is 5.93. The van der Waals surface area contributed by atoms with Crippen LogP contribution >= 0.6 is 11.6 Å². The number of anilines is 1. The summed E-state index contributed by atoms with van der Waals surface area (Å²) in [4.78, 5) is 12.7. The van der Waals surface area contributed by atoms with Gasteiger partial charge in [-0.05, 0) is 49.6 Å². The maximum absolute atomic E-state index is 6.33. The Morgan fingerprint density at radius 1 is 1.24 bits per heavy atom. The van der Waals surface area contributed by atoms with Gasteiger partial charge in [0.1, 0.15) is 17.6 Å². The molecule has 3 aromatic heterocycles. The molecule has 29 heavy (non-hydrogen) atoms. The summed E-state index contributed by atoms with van der Waals surface area (Å²) < 4.78 is 20.0. The smallest absolute Gasteiger partial charge is 0.226 e. The number of hydrogen-bond donors (Lipinski definition) is 1. The second kappa shape index (κ2) is 6.55. The normalized spacial score (nSPS) is 28.0. The fourth-order valence-corrected chi connectivity index (χ4v) is 4.79. The van der Waals surface area contributed by atoms with Gasteiger partial charge in [0.05, 0.1) is 24.6 Å². The lowest BCUT2D eigenvalue weighted by atomic mass is 9.96. The van der Waals surface area contributed by atoms with E-state index in [0.717, 1.165) is 17.4 Å². The molecule has 2 aliphatic rings. The Bertz CT molecular complexity index is 1090. The second-order valence-electron chi connectivity index (χ2n) is 7.94. The van der Waals surface area contributed by atoms with Crippen molar-refractivity contribution in [3.8, 4) is 5.88 Å². The van der Waals surface area contributed by atoms with Crippen LogP contribution in [0.3, 0.4) is 0 Å². The lowest BCUT2D eigenvalue weighted by Gasteiger charge is -2.24. The number of rotatable bonds is 3. The highest BCUT2D eigenvalue weighted by Gasteiger charge is 2.55. The van der Waals surface area contributed by atoms with E-state index >= 15 is 0 Å². The fourth-order valence-electron chi connectivity index (χ4n) is 4.62. The van der Waals surface area contributed by atoms with Crippen molar-refractivity contribution in [1.82, 2.24) is 19.5 Å². The van der Waals surface area contributed by atoms with E-state index in [0.29, 0.717) is 17.3 Å². The molecule has 152 valence electrons. The lowest BCUT2D eigenvalue weighted by molar-refractivity contribution is -0.157. The van der Waals surface area contributed by atoms with Gasteiger partial charge in [-0.1, -0.05) is 0 Å². The Morgan fingerprint density at radius 2 is 2.03 bits per heavy atom. The molecule has 2 fully saturated rings. The average molecular weight is 416 g/mol. The van der Waals surface area contributed by atoms with E-state index in [9.17, 15) is 0 Å². The predicted octanol–water partition coefficient (Wildman–Crippen LogP) is 3.32. The van der Waals surface area contributed by atoms with Crippen LogP contribution in [-0.2, 0) is 9.47 Å². The number of ether oxygens (including phenoxy) is 3. The fraction of sp³-hybridized carbons (Fsp3) is 0.450. The number of nitrogens with zero attached hydrogens (tertiary/aromatic N) is 4. The van der Waals surface area contributed by atoms with Crippen LogP contribution in [0.2, 0.25) is 5.28 Å². The van der Waals surface area contributed by atoms with Crippen LogP contribution in [0.1, 0.15) is 37.8 Å². The number of fused-ring (bicyclic) bond motifs is 2. The van der Waals surface area contributed by atoms with Crippen molar-refractivity contribution in [2.24, 2.45) is 0 Å². The zero-order chi connectivity index (χ0) is 20.3. The number of methoxy groups -OCH3 is 1. The highest BCUT2D eigenvalue weighted by Crippen LogP contribution is 2.51. The van der Waals surface area contributed by atoms with E-state index < -0.39 is 5.79 Å². The molecule has 0 spiro atoms. The summed E-state index contributed by atoms with van der Waals surface area (Å²) in [6, 6.07) is 5.89. The third kappa shape index (κ3) is 3.02. The lowest BCUT2D eigenvalue weighted by Crippen LogP contribution is -2.27. The maximum atomic E-state index is 6.33. The number of aromatic nitrogens is 4. The van der Waals surface area contributed by atoms with Crippen LogP contribution in [0, 0.1) is 0 Å². The van der Waals surface area contributed by atoms with Gasteiger partial charge in [-0.3, -0.25) is 0 Å². The van der Waals surface area contributed by atoms with Crippen molar-refractivity contribution in [2.75, 3.05) is 12.8 Å². The van der Waals surface area contributed by atoms with Crippen molar-refractivity contribution in [3.05, 3.63) is 41.4 Å². The van der Waals surface area contributed by atoms with Gasteiger partial charge < -0.3 is 24.5 Å². The van der Waals surface area contributed by atoms with Gasteiger partial charge in [0.25, 0.3) is 0 Å². The second-order valence-corrected chi connectivity index (χ2v) is 8.28. The zero-order valence-corrected chi connectivity index (χ0v) is 17.1. The largest absolute Gasteiger partial charge is 0.481 e. The van der Waals surface area contributed by atoms with Crippen LogP contribution < -0.4 is 10.5 Å². The first-order valence-electron chi connectivity index (χ1n) is 9.51. The van der Waals surface area contributed by atoms with E-state index in [1.165, 1.54) is 0 Å². The standard InChI is InChI=1S/C20H22ClN5O3/c1-20(2)28-15-12(10-4-6-23-14(8-10)27-3)9-13(16(15)29-20)26-7-5-11-17(22)24-19(21)25-18(11)26/h4-8,12-13,15-16H,9H2,1-3H3,(H2,22,24,25)/t12-,13-,15-,16+/m1/s1. The number of nitrogens with two attached hydrogens (primary N) is 1. The van der Waals surface area contributed by atoms with Gasteiger partial charge >= 0.3 is 0 Å².